The van der Waals surface area contributed by atoms with Crippen LogP contribution in [0.3, 0.4) is 0 Å². The van der Waals surface area contributed by atoms with Gasteiger partial charge in [0.25, 0.3) is 5.56 Å². The van der Waals surface area contributed by atoms with E-state index < -0.39 is 5.97 Å². The van der Waals surface area contributed by atoms with E-state index in [1.807, 2.05) is 60.7 Å². The summed E-state index contributed by atoms with van der Waals surface area (Å²) in [5.41, 5.74) is 0.772. The number of nitrogens with zero attached hydrogens (tertiary/aromatic N) is 2. The number of carboxylic acids is 1. The molecule has 0 amide bonds. The van der Waals surface area contributed by atoms with Crippen LogP contribution < -0.4 is 10.3 Å². The van der Waals surface area contributed by atoms with Crippen molar-refractivity contribution in [2.24, 2.45) is 0 Å². The van der Waals surface area contributed by atoms with Crippen molar-refractivity contribution < 1.29 is 14.6 Å². The third-order valence-corrected chi connectivity index (χ3v) is 5.87. The molecule has 0 saturated carbocycles. The standard InChI is InChI=1S/C24H22N2O4S/c27-23-21-19(24(28)29)16-31-22(21)25-20(15-17-9-3-1-4-10-17)26(23)13-7-8-14-30-18-11-5-2-6-12-18/h1-6,9-12,16H,7-8,13-15H2,(H,28,29). The van der Waals surface area contributed by atoms with Crippen molar-refractivity contribution >= 4 is 27.5 Å². The first kappa shape index (κ1) is 20.8. The van der Waals surface area contributed by atoms with Gasteiger partial charge in [-0.25, -0.2) is 9.78 Å². The third kappa shape index (κ3) is 4.83. The van der Waals surface area contributed by atoms with Gasteiger partial charge in [0, 0.05) is 18.3 Å². The number of rotatable bonds is 9. The molecule has 4 rings (SSSR count). The molecule has 7 heteroatoms. The molecule has 0 aliphatic rings. The summed E-state index contributed by atoms with van der Waals surface area (Å²) in [5, 5.41) is 11.1. The molecule has 158 valence electrons. The zero-order valence-electron chi connectivity index (χ0n) is 16.9. The van der Waals surface area contributed by atoms with Crippen LogP contribution in [0, 0.1) is 0 Å². The van der Waals surface area contributed by atoms with Gasteiger partial charge in [-0.05, 0) is 30.5 Å². The summed E-state index contributed by atoms with van der Waals surface area (Å²) < 4.78 is 7.35. The first-order valence-corrected chi connectivity index (χ1v) is 11.0. The van der Waals surface area contributed by atoms with E-state index in [-0.39, 0.29) is 16.5 Å². The number of carbonyl (C=O) groups is 1. The van der Waals surface area contributed by atoms with Crippen LogP contribution in [-0.4, -0.2) is 27.2 Å². The summed E-state index contributed by atoms with van der Waals surface area (Å²) in [6.45, 7) is 0.998. The second-order valence-electron chi connectivity index (χ2n) is 7.15. The molecule has 6 nitrogen and oxygen atoms in total. The van der Waals surface area contributed by atoms with Gasteiger partial charge in [0.05, 0.1) is 17.6 Å². The Morgan fingerprint density at radius 3 is 2.45 bits per heavy atom. The molecule has 2 aromatic carbocycles. The fourth-order valence-corrected chi connectivity index (χ4v) is 4.37. The Bertz CT molecular complexity index is 1230. The lowest BCUT2D eigenvalue weighted by atomic mass is 10.1. The van der Waals surface area contributed by atoms with Gasteiger partial charge >= 0.3 is 5.97 Å². The van der Waals surface area contributed by atoms with E-state index in [0.717, 1.165) is 17.7 Å². The van der Waals surface area contributed by atoms with Gasteiger partial charge < -0.3 is 9.84 Å². The summed E-state index contributed by atoms with van der Waals surface area (Å²) in [6.07, 6.45) is 1.99. The van der Waals surface area contributed by atoms with Gasteiger partial charge in [-0.1, -0.05) is 48.5 Å². The summed E-state index contributed by atoms with van der Waals surface area (Å²) in [5.74, 6) is 0.354. The summed E-state index contributed by atoms with van der Waals surface area (Å²) in [7, 11) is 0. The summed E-state index contributed by atoms with van der Waals surface area (Å²) in [6, 6.07) is 19.4. The Hall–Kier alpha value is -3.45. The zero-order valence-corrected chi connectivity index (χ0v) is 17.7. The van der Waals surface area contributed by atoms with Gasteiger partial charge in [0.1, 0.15) is 16.4 Å². The van der Waals surface area contributed by atoms with E-state index in [2.05, 4.69) is 4.98 Å². The zero-order chi connectivity index (χ0) is 21.6. The van der Waals surface area contributed by atoms with Gasteiger partial charge in [0.2, 0.25) is 0 Å². The van der Waals surface area contributed by atoms with Crippen LogP contribution >= 0.6 is 11.3 Å². The van der Waals surface area contributed by atoms with E-state index in [4.69, 9.17) is 4.74 Å². The third-order valence-electron chi connectivity index (χ3n) is 5.00. The van der Waals surface area contributed by atoms with E-state index in [0.29, 0.717) is 36.6 Å². The molecule has 0 radical (unpaired) electrons. The number of aromatic carboxylic acids is 1. The normalized spacial score (nSPS) is 11.0. The van der Waals surface area contributed by atoms with Crippen LogP contribution in [0.5, 0.6) is 5.75 Å². The lowest BCUT2D eigenvalue weighted by Gasteiger charge is -2.13. The summed E-state index contributed by atoms with van der Waals surface area (Å²) in [4.78, 5) is 29.9. The van der Waals surface area contributed by atoms with Gasteiger partial charge in [0.15, 0.2) is 0 Å². The highest BCUT2D eigenvalue weighted by Gasteiger charge is 2.19. The first-order chi connectivity index (χ1) is 15.1. The van der Waals surface area contributed by atoms with Crippen LogP contribution in [0.25, 0.3) is 10.2 Å². The van der Waals surface area contributed by atoms with Gasteiger partial charge in [-0.15, -0.1) is 11.3 Å². The molecule has 2 aromatic heterocycles. The molecule has 0 atom stereocenters. The van der Waals surface area contributed by atoms with Crippen LogP contribution in [0.15, 0.2) is 70.8 Å². The Balaban J connectivity index is 1.57. The van der Waals surface area contributed by atoms with Crippen molar-refractivity contribution in [1.29, 1.82) is 0 Å². The number of ether oxygens (including phenoxy) is 1. The highest BCUT2D eigenvalue weighted by molar-refractivity contribution is 7.17. The van der Waals surface area contributed by atoms with Crippen LogP contribution in [0.2, 0.25) is 0 Å². The Morgan fingerprint density at radius 2 is 1.74 bits per heavy atom. The van der Waals surface area contributed by atoms with E-state index in [1.165, 1.54) is 16.7 Å². The molecule has 1 N–H and O–H groups in total. The molecule has 31 heavy (non-hydrogen) atoms. The maximum Gasteiger partial charge on any atom is 0.337 e. The van der Waals surface area contributed by atoms with Crippen LogP contribution in [0.4, 0.5) is 0 Å². The van der Waals surface area contributed by atoms with Crippen molar-refractivity contribution in [3.8, 4) is 5.75 Å². The van der Waals surface area contributed by atoms with Crippen molar-refractivity contribution in [2.75, 3.05) is 6.61 Å². The molecule has 2 heterocycles. The number of carboxylic acid groups (broad SMARTS) is 1. The number of thiophene rings is 1. The van der Waals surface area contributed by atoms with Crippen LogP contribution in [-0.2, 0) is 13.0 Å². The molecule has 0 fully saturated rings. The number of unbranched alkanes of at least 4 members (excludes halogenated alkanes) is 1. The second-order valence-corrected chi connectivity index (χ2v) is 8.01. The minimum Gasteiger partial charge on any atom is -0.494 e. The predicted molar refractivity (Wildman–Crippen MR) is 121 cm³/mol. The van der Waals surface area contributed by atoms with Gasteiger partial charge in [-0.3, -0.25) is 9.36 Å². The maximum atomic E-state index is 13.2. The molecule has 0 bridgehead atoms. The van der Waals surface area contributed by atoms with Crippen molar-refractivity contribution in [1.82, 2.24) is 9.55 Å². The lowest BCUT2D eigenvalue weighted by Crippen LogP contribution is -2.26. The maximum absolute atomic E-state index is 13.2. The monoisotopic (exact) mass is 434 g/mol. The molecular weight excluding hydrogens is 412 g/mol. The van der Waals surface area contributed by atoms with Crippen molar-refractivity contribution in [2.45, 2.75) is 25.8 Å². The number of hydrogen-bond acceptors (Lipinski definition) is 5. The number of fused-ring (bicyclic) bond motifs is 1. The molecule has 0 aliphatic carbocycles. The molecule has 4 aromatic rings. The Morgan fingerprint density at radius 1 is 1.03 bits per heavy atom. The second kappa shape index (κ2) is 9.57. The Labute approximate surface area is 183 Å². The molecule has 0 unspecified atom stereocenters. The van der Waals surface area contributed by atoms with Crippen molar-refractivity contribution in [3.63, 3.8) is 0 Å². The largest absolute Gasteiger partial charge is 0.494 e. The minimum absolute atomic E-state index is 0.0184. The SMILES string of the molecule is O=C(O)c1csc2nc(Cc3ccccc3)n(CCCCOc3ccccc3)c(=O)c12. The number of hydrogen-bond donors (Lipinski definition) is 1. The quantitative estimate of drug-likeness (QED) is 0.389. The lowest BCUT2D eigenvalue weighted by molar-refractivity contribution is 0.0699. The molecular formula is C24H22N2O4S. The fraction of sp³-hybridized carbons (Fsp3) is 0.208. The topological polar surface area (TPSA) is 81.4 Å². The average Bonchev–Trinajstić information content (AvgIpc) is 3.21. The average molecular weight is 435 g/mol. The fourth-order valence-electron chi connectivity index (χ4n) is 3.45. The van der Waals surface area contributed by atoms with Crippen molar-refractivity contribution in [3.05, 3.63) is 93.3 Å². The highest BCUT2D eigenvalue weighted by Crippen LogP contribution is 2.23. The molecule has 0 aliphatic heterocycles. The van der Waals surface area contributed by atoms with E-state index >= 15 is 0 Å². The molecule has 0 saturated heterocycles. The number of aromatic nitrogens is 2. The first-order valence-electron chi connectivity index (χ1n) is 10.1. The van der Waals surface area contributed by atoms with E-state index in [9.17, 15) is 14.7 Å². The summed E-state index contributed by atoms with van der Waals surface area (Å²) >= 11 is 1.19. The smallest absolute Gasteiger partial charge is 0.337 e. The highest BCUT2D eigenvalue weighted by atomic mass is 32.1. The minimum atomic E-state index is -1.11. The van der Waals surface area contributed by atoms with Crippen LogP contribution in [0.1, 0.15) is 34.6 Å². The van der Waals surface area contributed by atoms with E-state index in [1.54, 1.807) is 4.57 Å². The number of benzene rings is 2. The predicted octanol–water partition coefficient (Wildman–Crippen LogP) is 4.61. The Kier molecular flexibility index (Phi) is 6.43. The van der Waals surface area contributed by atoms with Gasteiger partial charge in [-0.2, -0.15) is 0 Å². The molecule has 0 spiro atoms. The number of para-hydroxylation sites is 1.